The Morgan fingerprint density at radius 2 is 1.14 bits per heavy atom. The standard InChI is InChI=1S/C19H40N2/c1-19(2,3)13-11-9-7-5-6-8-10-12-14-21-17-15-20(4)16-18-21/h5-18H2,1-4H3. The number of piperazine rings is 1. The van der Waals surface area contributed by atoms with Crippen LogP contribution in [0, 0.1) is 5.41 Å². The fourth-order valence-electron chi connectivity index (χ4n) is 3.12. The second-order valence-corrected chi connectivity index (χ2v) is 8.28. The smallest absolute Gasteiger partial charge is 0.0110 e. The minimum Gasteiger partial charge on any atom is -0.304 e. The normalized spacial score (nSPS) is 18.3. The zero-order valence-corrected chi connectivity index (χ0v) is 15.3. The molecule has 1 aliphatic heterocycles. The number of rotatable bonds is 10. The average Bonchev–Trinajstić information content (AvgIpc) is 2.42. The van der Waals surface area contributed by atoms with E-state index in [9.17, 15) is 0 Å². The van der Waals surface area contributed by atoms with Crippen LogP contribution in [0.15, 0.2) is 0 Å². The first-order chi connectivity index (χ1) is 9.97. The first-order valence-corrected chi connectivity index (χ1v) is 9.38. The van der Waals surface area contributed by atoms with Gasteiger partial charge in [0.25, 0.3) is 0 Å². The van der Waals surface area contributed by atoms with Crippen LogP contribution in [0.2, 0.25) is 0 Å². The van der Waals surface area contributed by atoms with Crippen molar-refractivity contribution < 1.29 is 0 Å². The molecule has 1 saturated heterocycles. The fraction of sp³-hybridized carbons (Fsp3) is 1.00. The van der Waals surface area contributed by atoms with Crippen molar-refractivity contribution in [1.29, 1.82) is 0 Å². The molecule has 0 aromatic rings. The summed E-state index contributed by atoms with van der Waals surface area (Å²) in [6.45, 7) is 13.5. The van der Waals surface area contributed by atoms with E-state index in [0.29, 0.717) is 5.41 Å². The lowest BCUT2D eigenvalue weighted by Crippen LogP contribution is -2.44. The highest BCUT2D eigenvalue weighted by Crippen LogP contribution is 2.22. The first-order valence-electron chi connectivity index (χ1n) is 9.38. The molecule has 21 heavy (non-hydrogen) atoms. The molecule has 1 rings (SSSR count). The van der Waals surface area contributed by atoms with E-state index in [0.717, 1.165) is 0 Å². The van der Waals surface area contributed by atoms with E-state index in [-0.39, 0.29) is 0 Å². The van der Waals surface area contributed by atoms with Gasteiger partial charge in [0.05, 0.1) is 0 Å². The third kappa shape index (κ3) is 11.2. The highest BCUT2D eigenvalue weighted by Gasteiger charge is 2.12. The molecule has 0 saturated carbocycles. The summed E-state index contributed by atoms with van der Waals surface area (Å²) in [5, 5.41) is 0. The van der Waals surface area contributed by atoms with E-state index in [1.54, 1.807) is 0 Å². The summed E-state index contributed by atoms with van der Waals surface area (Å²) < 4.78 is 0. The van der Waals surface area contributed by atoms with Crippen LogP contribution in [0.25, 0.3) is 0 Å². The highest BCUT2D eigenvalue weighted by atomic mass is 15.2. The van der Waals surface area contributed by atoms with Crippen LogP contribution in [-0.4, -0.2) is 49.6 Å². The van der Waals surface area contributed by atoms with Crippen LogP contribution < -0.4 is 0 Å². The summed E-state index contributed by atoms with van der Waals surface area (Å²) in [6.07, 6.45) is 12.9. The zero-order chi connectivity index (χ0) is 15.6. The summed E-state index contributed by atoms with van der Waals surface area (Å²) >= 11 is 0. The molecule has 2 heteroatoms. The van der Waals surface area contributed by atoms with Gasteiger partial charge in [-0.15, -0.1) is 0 Å². The Labute approximate surface area is 134 Å². The van der Waals surface area contributed by atoms with Gasteiger partial charge in [0.15, 0.2) is 0 Å². The molecule has 0 aromatic carbocycles. The maximum Gasteiger partial charge on any atom is 0.0110 e. The lowest BCUT2D eigenvalue weighted by atomic mass is 9.89. The topological polar surface area (TPSA) is 6.48 Å². The third-order valence-corrected chi connectivity index (χ3v) is 4.75. The third-order valence-electron chi connectivity index (χ3n) is 4.75. The minimum atomic E-state index is 0.531. The van der Waals surface area contributed by atoms with E-state index < -0.39 is 0 Å². The van der Waals surface area contributed by atoms with Gasteiger partial charge < -0.3 is 9.80 Å². The molecule has 1 aliphatic rings. The van der Waals surface area contributed by atoms with Crippen LogP contribution in [-0.2, 0) is 0 Å². The van der Waals surface area contributed by atoms with Crippen molar-refractivity contribution in [3.05, 3.63) is 0 Å². The van der Waals surface area contributed by atoms with Crippen molar-refractivity contribution in [2.24, 2.45) is 5.41 Å². The largest absolute Gasteiger partial charge is 0.304 e. The Bertz CT molecular complexity index is 236. The summed E-state index contributed by atoms with van der Waals surface area (Å²) in [4.78, 5) is 5.09. The predicted molar refractivity (Wildman–Crippen MR) is 94.9 cm³/mol. The molecule has 1 fully saturated rings. The Balaban J connectivity index is 1.79. The van der Waals surface area contributed by atoms with Gasteiger partial charge in [-0.3, -0.25) is 0 Å². The molecular weight excluding hydrogens is 256 g/mol. The molecule has 0 bridgehead atoms. The van der Waals surface area contributed by atoms with Crippen molar-refractivity contribution >= 4 is 0 Å². The van der Waals surface area contributed by atoms with Crippen LogP contribution >= 0.6 is 0 Å². The maximum atomic E-state index is 2.65. The quantitative estimate of drug-likeness (QED) is 0.535. The second kappa shape index (κ2) is 10.6. The fourth-order valence-corrected chi connectivity index (χ4v) is 3.12. The molecule has 126 valence electrons. The zero-order valence-electron chi connectivity index (χ0n) is 15.3. The lowest BCUT2D eigenvalue weighted by Gasteiger charge is -2.32. The molecule has 0 aromatic heterocycles. The van der Waals surface area contributed by atoms with Gasteiger partial charge in [-0.05, 0) is 31.8 Å². The van der Waals surface area contributed by atoms with Crippen molar-refractivity contribution in [2.45, 2.75) is 78.6 Å². The highest BCUT2D eigenvalue weighted by molar-refractivity contribution is 4.68. The Morgan fingerprint density at radius 3 is 1.67 bits per heavy atom. The van der Waals surface area contributed by atoms with Gasteiger partial charge >= 0.3 is 0 Å². The van der Waals surface area contributed by atoms with E-state index in [1.807, 2.05) is 0 Å². The number of hydrogen-bond donors (Lipinski definition) is 0. The molecule has 0 N–H and O–H groups in total. The molecule has 0 radical (unpaired) electrons. The summed E-state index contributed by atoms with van der Waals surface area (Å²) in [5.74, 6) is 0. The molecule has 0 atom stereocenters. The minimum absolute atomic E-state index is 0.531. The molecule has 0 spiro atoms. The van der Waals surface area contributed by atoms with E-state index in [4.69, 9.17) is 0 Å². The van der Waals surface area contributed by atoms with E-state index >= 15 is 0 Å². The monoisotopic (exact) mass is 296 g/mol. The predicted octanol–water partition coefficient (Wildman–Crippen LogP) is 4.79. The van der Waals surface area contributed by atoms with Gasteiger partial charge in [0.1, 0.15) is 0 Å². The van der Waals surface area contributed by atoms with Crippen molar-refractivity contribution in [3.63, 3.8) is 0 Å². The molecular formula is C19H40N2. The lowest BCUT2D eigenvalue weighted by molar-refractivity contribution is 0.152. The van der Waals surface area contributed by atoms with Crippen LogP contribution in [0.4, 0.5) is 0 Å². The summed E-state index contributed by atoms with van der Waals surface area (Å²) in [7, 11) is 2.23. The molecule has 0 amide bonds. The SMILES string of the molecule is CN1CCN(CCCCCCCCCCC(C)(C)C)CC1. The number of unbranched alkanes of at least 4 members (excludes halogenated alkanes) is 7. The van der Waals surface area contributed by atoms with Gasteiger partial charge in [-0.1, -0.05) is 65.7 Å². The molecule has 2 nitrogen and oxygen atoms in total. The number of nitrogens with zero attached hydrogens (tertiary/aromatic N) is 2. The van der Waals surface area contributed by atoms with Crippen LogP contribution in [0.3, 0.4) is 0 Å². The molecule has 0 unspecified atom stereocenters. The van der Waals surface area contributed by atoms with Crippen molar-refractivity contribution in [3.8, 4) is 0 Å². The van der Waals surface area contributed by atoms with Crippen molar-refractivity contribution in [1.82, 2.24) is 9.80 Å². The number of likely N-dealkylation sites (N-methyl/N-ethyl adjacent to an activating group) is 1. The van der Waals surface area contributed by atoms with Gasteiger partial charge in [0.2, 0.25) is 0 Å². The van der Waals surface area contributed by atoms with E-state index in [2.05, 4.69) is 37.6 Å². The van der Waals surface area contributed by atoms with Gasteiger partial charge in [-0.25, -0.2) is 0 Å². The first kappa shape index (κ1) is 19.0. The Hall–Kier alpha value is -0.0800. The van der Waals surface area contributed by atoms with Crippen LogP contribution in [0.1, 0.15) is 78.6 Å². The van der Waals surface area contributed by atoms with Crippen LogP contribution in [0.5, 0.6) is 0 Å². The van der Waals surface area contributed by atoms with Gasteiger partial charge in [-0.2, -0.15) is 0 Å². The number of hydrogen-bond acceptors (Lipinski definition) is 2. The summed E-state index contributed by atoms with van der Waals surface area (Å²) in [6, 6.07) is 0. The maximum absolute atomic E-state index is 2.65. The Kier molecular flexibility index (Phi) is 9.59. The van der Waals surface area contributed by atoms with Crippen molar-refractivity contribution in [2.75, 3.05) is 39.8 Å². The van der Waals surface area contributed by atoms with E-state index in [1.165, 1.54) is 90.5 Å². The molecule has 1 heterocycles. The summed E-state index contributed by atoms with van der Waals surface area (Å²) in [5.41, 5.74) is 0.531. The van der Waals surface area contributed by atoms with Gasteiger partial charge in [0, 0.05) is 26.2 Å². The Morgan fingerprint density at radius 1 is 0.667 bits per heavy atom. The second-order valence-electron chi connectivity index (χ2n) is 8.28. The average molecular weight is 297 g/mol. The molecule has 0 aliphatic carbocycles.